The summed E-state index contributed by atoms with van der Waals surface area (Å²) in [6.07, 6.45) is 4.99. The van der Waals surface area contributed by atoms with Gasteiger partial charge in [0.15, 0.2) is 0 Å². The van der Waals surface area contributed by atoms with Crippen molar-refractivity contribution >= 4 is 17.7 Å². The van der Waals surface area contributed by atoms with E-state index in [9.17, 15) is 4.79 Å². The maximum absolute atomic E-state index is 12.4. The number of hydrogen-bond acceptors (Lipinski definition) is 6. The van der Waals surface area contributed by atoms with E-state index in [-0.39, 0.29) is 12.0 Å². The summed E-state index contributed by atoms with van der Waals surface area (Å²) in [4.78, 5) is 23.5. The number of rotatable bonds is 6. The van der Waals surface area contributed by atoms with Gasteiger partial charge in [-0.25, -0.2) is 9.97 Å². The predicted octanol–water partition coefficient (Wildman–Crippen LogP) is 2.65. The van der Waals surface area contributed by atoms with Gasteiger partial charge in [0.1, 0.15) is 11.9 Å². The molecule has 1 amide bonds. The van der Waals surface area contributed by atoms with Crippen LogP contribution < -0.4 is 9.47 Å². The molecule has 0 bridgehead atoms. The molecule has 0 spiro atoms. The second-order valence-corrected chi connectivity index (χ2v) is 6.75. The SMILES string of the molecule is COc1cccc(SCC(=O)N2CCC(Oc3ncccn3)CC2)c1. The second-order valence-electron chi connectivity index (χ2n) is 5.70. The maximum Gasteiger partial charge on any atom is 0.316 e. The minimum absolute atomic E-state index is 0.0671. The molecule has 1 aromatic carbocycles. The molecule has 0 N–H and O–H groups in total. The van der Waals surface area contributed by atoms with Gasteiger partial charge in [-0.2, -0.15) is 0 Å². The molecular formula is C18H21N3O3S. The van der Waals surface area contributed by atoms with Crippen LogP contribution in [0.15, 0.2) is 47.6 Å². The van der Waals surface area contributed by atoms with Crippen LogP contribution in [0.4, 0.5) is 0 Å². The number of piperidine rings is 1. The molecule has 25 heavy (non-hydrogen) atoms. The van der Waals surface area contributed by atoms with E-state index in [0.717, 1.165) is 23.5 Å². The predicted molar refractivity (Wildman–Crippen MR) is 96.0 cm³/mol. The Morgan fingerprint density at radius 3 is 2.72 bits per heavy atom. The average Bonchev–Trinajstić information content (AvgIpc) is 2.67. The number of methoxy groups -OCH3 is 1. The normalized spacial score (nSPS) is 15.0. The summed E-state index contributed by atoms with van der Waals surface area (Å²) < 4.78 is 11.0. The molecule has 2 heterocycles. The van der Waals surface area contributed by atoms with Gasteiger partial charge >= 0.3 is 6.01 Å². The molecule has 0 atom stereocenters. The third-order valence-electron chi connectivity index (χ3n) is 4.01. The molecule has 2 aromatic rings. The number of carbonyl (C=O) groups is 1. The number of nitrogens with zero attached hydrogens (tertiary/aromatic N) is 3. The summed E-state index contributed by atoms with van der Waals surface area (Å²) in [5.41, 5.74) is 0. The summed E-state index contributed by atoms with van der Waals surface area (Å²) in [6.45, 7) is 1.41. The van der Waals surface area contributed by atoms with Crippen LogP contribution in [-0.2, 0) is 4.79 Å². The van der Waals surface area contributed by atoms with Crippen molar-refractivity contribution in [2.24, 2.45) is 0 Å². The zero-order valence-electron chi connectivity index (χ0n) is 14.1. The first-order valence-corrected chi connectivity index (χ1v) is 9.21. The minimum atomic E-state index is 0.0671. The van der Waals surface area contributed by atoms with Crippen molar-refractivity contribution in [2.45, 2.75) is 23.8 Å². The molecule has 3 rings (SSSR count). The fourth-order valence-corrected chi connectivity index (χ4v) is 3.49. The van der Waals surface area contributed by atoms with Crippen molar-refractivity contribution in [3.63, 3.8) is 0 Å². The van der Waals surface area contributed by atoms with Gasteiger partial charge in [0.2, 0.25) is 5.91 Å². The van der Waals surface area contributed by atoms with Crippen LogP contribution in [-0.4, -0.2) is 52.8 Å². The number of carbonyl (C=O) groups excluding carboxylic acids is 1. The van der Waals surface area contributed by atoms with E-state index >= 15 is 0 Å². The van der Waals surface area contributed by atoms with Gasteiger partial charge in [-0.1, -0.05) is 6.07 Å². The van der Waals surface area contributed by atoms with Crippen LogP contribution in [0.1, 0.15) is 12.8 Å². The Kier molecular flexibility index (Phi) is 6.11. The number of hydrogen-bond donors (Lipinski definition) is 0. The Balaban J connectivity index is 1.43. The monoisotopic (exact) mass is 359 g/mol. The smallest absolute Gasteiger partial charge is 0.316 e. The van der Waals surface area contributed by atoms with E-state index in [4.69, 9.17) is 9.47 Å². The lowest BCUT2D eigenvalue weighted by molar-refractivity contribution is -0.130. The standard InChI is InChI=1S/C18H21N3O3S/c1-23-15-4-2-5-16(12-15)25-13-17(22)21-10-6-14(7-11-21)24-18-19-8-3-9-20-18/h2-5,8-9,12,14H,6-7,10-11,13H2,1H3. The maximum atomic E-state index is 12.4. The average molecular weight is 359 g/mol. The number of ether oxygens (including phenoxy) is 2. The van der Waals surface area contributed by atoms with Crippen LogP contribution in [0.5, 0.6) is 11.8 Å². The Hall–Kier alpha value is -2.28. The lowest BCUT2D eigenvalue weighted by atomic mass is 10.1. The number of amides is 1. The first-order valence-electron chi connectivity index (χ1n) is 8.23. The van der Waals surface area contributed by atoms with Crippen molar-refractivity contribution in [3.8, 4) is 11.8 Å². The summed E-state index contributed by atoms with van der Waals surface area (Å²) in [5.74, 6) is 1.39. The second kappa shape index (κ2) is 8.71. The fourth-order valence-electron chi connectivity index (χ4n) is 2.65. The van der Waals surface area contributed by atoms with Gasteiger partial charge in [0.05, 0.1) is 12.9 Å². The van der Waals surface area contributed by atoms with Crippen molar-refractivity contribution in [1.82, 2.24) is 14.9 Å². The molecule has 7 heteroatoms. The summed E-state index contributed by atoms with van der Waals surface area (Å²) in [6, 6.07) is 9.92. The van der Waals surface area contributed by atoms with Crippen molar-refractivity contribution in [1.29, 1.82) is 0 Å². The summed E-state index contributed by atoms with van der Waals surface area (Å²) >= 11 is 1.53. The van der Waals surface area contributed by atoms with E-state index in [1.807, 2.05) is 29.2 Å². The zero-order chi connectivity index (χ0) is 17.5. The van der Waals surface area contributed by atoms with Gasteiger partial charge in [0.25, 0.3) is 0 Å². The highest BCUT2D eigenvalue weighted by molar-refractivity contribution is 8.00. The number of thioether (sulfide) groups is 1. The Morgan fingerprint density at radius 2 is 2.00 bits per heavy atom. The molecule has 1 fully saturated rings. The Bertz CT molecular complexity index is 691. The molecular weight excluding hydrogens is 338 g/mol. The zero-order valence-corrected chi connectivity index (χ0v) is 14.9. The summed E-state index contributed by atoms with van der Waals surface area (Å²) in [5, 5.41) is 0. The molecule has 1 aliphatic rings. The topological polar surface area (TPSA) is 64.5 Å². The molecule has 1 aromatic heterocycles. The number of aromatic nitrogens is 2. The number of benzene rings is 1. The lowest BCUT2D eigenvalue weighted by Crippen LogP contribution is -2.42. The number of likely N-dealkylation sites (tertiary alicyclic amines) is 1. The van der Waals surface area contributed by atoms with Gasteiger partial charge in [0, 0.05) is 43.2 Å². The van der Waals surface area contributed by atoms with Crippen LogP contribution in [0.2, 0.25) is 0 Å². The largest absolute Gasteiger partial charge is 0.497 e. The summed E-state index contributed by atoms with van der Waals surface area (Å²) in [7, 11) is 1.64. The van der Waals surface area contributed by atoms with E-state index in [2.05, 4.69) is 9.97 Å². The third kappa shape index (κ3) is 5.09. The molecule has 1 aliphatic heterocycles. The van der Waals surface area contributed by atoms with Gasteiger partial charge < -0.3 is 14.4 Å². The van der Waals surface area contributed by atoms with Crippen molar-refractivity contribution in [3.05, 3.63) is 42.7 Å². The van der Waals surface area contributed by atoms with Crippen LogP contribution in [0.3, 0.4) is 0 Å². The Labute approximate surface area is 151 Å². The van der Waals surface area contributed by atoms with E-state index < -0.39 is 0 Å². The highest BCUT2D eigenvalue weighted by atomic mass is 32.2. The van der Waals surface area contributed by atoms with Crippen LogP contribution >= 0.6 is 11.8 Å². The van der Waals surface area contributed by atoms with Gasteiger partial charge in [-0.3, -0.25) is 4.79 Å². The van der Waals surface area contributed by atoms with E-state index in [0.29, 0.717) is 24.9 Å². The minimum Gasteiger partial charge on any atom is -0.497 e. The molecule has 0 saturated carbocycles. The molecule has 0 radical (unpaired) electrons. The van der Waals surface area contributed by atoms with Crippen molar-refractivity contribution < 1.29 is 14.3 Å². The molecule has 132 valence electrons. The highest BCUT2D eigenvalue weighted by Crippen LogP contribution is 2.24. The van der Waals surface area contributed by atoms with E-state index in [1.54, 1.807) is 25.6 Å². The van der Waals surface area contributed by atoms with Gasteiger partial charge in [-0.05, 0) is 24.3 Å². The third-order valence-corrected chi connectivity index (χ3v) is 4.99. The highest BCUT2D eigenvalue weighted by Gasteiger charge is 2.24. The van der Waals surface area contributed by atoms with E-state index in [1.165, 1.54) is 11.8 Å². The quantitative estimate of drug-likeness (QED) is 0.739. The molecule has 6 nitrogen and oxygen atoms in total. The van der Waals surface area contributed by atoms with Crippen LogP contribution in [0.25, 0.3) is 0 Å². The lowest BCUT2D eigenvalue weighted by Gasteiger charge is -2.31. The fraction of sp³-hybridized carbons (Fsp3) is 0.389. The van der Waals surface area contributed by atoms with Crippen molar-refractivity contribution in [2.75, 3.05) is 26.0 Å². The molecule has 0 aliphatic carbocycles. The first-order chi connectivity index (χ1) is 12.2. The molecule has 0 unspecified atom stereocenters. The molecule has 1 saturated heterocycles. The van der Waals surface area contributed by atoms with Crippen LogP contribution in [0, 0.1) is 0 Å². The first kappa shape index (κ1) is 17.5. The van der Waals surface area contributed by atoms with Gasteiger partial charge in [-0.15, -0.1) is 11.8 Å². The Morgan fingerprint density at radius 1 is 1.24 bits per heavy atom.